The van der Waals surface area contributed by atoms with Gasteiger partial charge in [-0.25, -0.2) is 0 Å². The second kappa shape index (κ2) is 10.1. The number of benzene rings is 2. The van der Waals surface area contributed by atoms with Gasteiger partial charge in [0.2, 0.25) is 11.7 Å². The van der Waals surface area contributed by atoms with E-state index in [0.717, 1.165) is 12.1 Å². The van der Waals surface area contributed by atoms with Crippen molar-refractivity contribution in [1.29, 1.82) is 0 Å². The Morgan fingerprint density at radius 2 is 1.91 bits per heavy atom. The highest BCUT2D eigenvalue weighted by Gasteiger charge is 2.30. The first kappa shape index (κ1) is 23.1. The Balaban J connectivity index is 1.42. The van der Waals surface area contributed by atoms with E-state index in [4.69, 9.17) is 14.0 Å². The molecule has 1 aromatic heterocycles. The molecule has 1 amide bonds. The Kier molecular flexibility index (Phi) is 7.31. The number of aryl methyl sites for hydroxylation is 1. The van der Waals surface area contributed by atoms with Crippen molar-refractivity contribution in [2.24, 2.45) is 0 Å². The molecule has 3 rings (SSSR count). The van der Waals surface area contributed by atoms with Gasteiger partial charge in [-0.05, 0) is 42.5 Å². The lowest BCUT2D eigenvalue weighted by Crippen LogP contribution is -2.35. The fourth-order valence-corrected chi connectivity index (χ4v) is 2.58. The summed E-state index contributed by atoms with van der Waals surface area (Å²) in [5.74, 6) is 0.849. The number of nitrogens with one attached hydrogen (secondary N) is 1. The molecule has 1 heterocycles. The molecule has 1 atom stereocenters. The summed E-state index contributed by atoms with van der Waals surface area (Å²) in [7, 11) is 0. The summed E-state index contributed by atoms with van der Waals surface area (Å²) in [6.45, 7) is 1.34. The number of nitrogens with zero attached hydrogens (tertiary/aromatic N) is 2. The molecule has 1 unspecified atom stereocenters. The van der Waals surface area contributed by atoms with E-state index < -0.39 is 23.8 Å². The Bertz CT molecular complexity index is 1040. The van der Waals surface area contributed by atoms with Crippen molar-refractivity contribution >= 4 is 5.91 Å². The average molecular weight is 451 g/mol. The molecule has 32 heavy (non-hydrogen) atoms. The molecule has 8 nitrogen and oxygen atoms in total. The van der Waals surface area contributed by atoms with Gasteiger partial charge in [0.05, 0.1) is 5.56 Å². The number of ether oxygens (including phenoxy) is 2. The fourth-order valence-electron chi connectivity index (χ4n) is 2.58. The average Bonchev–Trinajstić information content (AvgIpc) is 3.19. The van der Waals surface area contributed by atoms with Crippen LogP contribution in [0.3, 0.4) is 0 Å². The van der Waals surface area contributed by atoms with Gasteiger partial charge < -0.3 is 24.4 Å². The lowest BCUT2D eigenvalue weighted by Gasteiger charge is -2.14. The van der Waals surface area contributed by atoms with Gasteiger partial charge >= 0.3 is 6.18 Å². The molecule has 2 N–H and O–H groups in total. The first-order chi connectivity index (χ1) is 15.2. The molecular weight excluding hydrogens is 431 g/mol. The van der Waals surface area contributed by atoms with Gasteiger partial charge in [-0.2, -0.15) is 18.2 Å². The van der Waals surface area contributed by atoms with Gasteiger partial charge in [0, 0.05) is 19.0 Å². The minimum atomic E-state index is -4.49. The SMILES string of the molecule is Cc1nc(COc2ccc(C(=O)NCC(O)COc3cccc(C(F)(F)F)c3)cc2)no1. The summed E-state index contributed by atoms with van der Waals surface area (Å²) in [5, 5.41) is 16.2. The lowest BCUT2D eigenvalue weighted by atomic mass is 10.2. The third-order valence-corrected chi connectivity index (χ3v) is 4.16. The van der Waals surface area contributed by atoms with Gasteiger partial charge in [-0.3, -0.25) is 4.79 Å². The second-order valence-corrected chi connectivity index (χ2v) is 6.74. The zero-order chi connectivity index (χ0) is 23.1. The maximum atomic E-state index is 12.7. The van der Waals surface area contributed by atoms with Gasteiger partial charge in [-0.1, -0.05) is 11.2 Å². The zero-order valence-electron chi connectivity index (χ0n) is 16.9. The maximum absolute atomic E-state index is 12.7. The maximum Gasteiger partial charge on any atom is 0.416 e. The molecule has 170 valence electrons. The molecule has 0 aliphatic heterocycles. The Labute approximate surface area is 181 Å². The summed E-state index contributed by atoms with van der Waals surface area (Å²) < 4.78 is 53.7. The standard InChI is InChI=1S/C21H20F3N3O5/c1-13-26-19(27-32-13)12-31-17-7-5-14(6-8-17)20(29)25-10-16(28)11-30-18-4-2-3-15(9-18)21(22,23)24/h2-9,16,28H,10-12H2,1H3,(H,25,29). The minimum Gasteiger partial charge on any atom is -0.491 e. The van der Waals surface area contributed by atoms with Crippen molar-refractivity contribution < 1.29 is 37.1 Å². The van der Waals surface area contributed by atoms with Crippen LogP contribution < -0.4 is 14.8 Å². The van der Waals surface area contributed by atoms with Crippen LogP contribution in [0.2, 0.25) is 0 Å². The molecule has 0 bridgehead atoms. The Hall–Kier alpha value is -3.60. The molecular formula is C21H20F3N3O5. The number of alkyl halides is 3. The number of aliphatic hydroxyl groups excluding tert-OH is 1. The number of aromatic nitrogens is 2. The first-order valence-electron chi connectivity index (χ1n) is 9.49. The predicted molar refractivity (Wildman–Crippen MR) is 105 cm³/mol. The van der Waals surface area contributed by atoms with E-state index in [0.29, 0.717) is 23.0 Å². The van der Waals surface area contributed by atoms with Crippen molar-refractivity contribution in [3.8, 4) is 11.5 Å². The van der Waals surface area contributed by atoms with Crippen molar-refractivity contribution in [3.63, 3.8) is 0 Å². The fraction of sp³-hybridized carbons (Fsp3) is 0.286. The van der Waals surface area contributed by atoms with E-state index in [9.17, 15) is 23.1 Å². The van der Waals surface area contributed by atoms with Crippen LogP contribution in [-0.2, 0) is 12.8 Å². The van der Waals surface area contributed by atoms with Gasteiger partial charge in [0.1, 0.15) is 24.2 Å². The number of aliphatic hydroxyl groups is 1. The van der Waals surface area contributed by atoms with Crippen LogP contribution in [0.4, 0.5) is 13.2 Å². The second-order valence-electron chi connectivity index (χ2n) is 6.74. The van der Waals surface area contributed by atoms with Crippen LogP contribution in [0.1, 0.15) is 27.6 Å². The highest BCUT2D eigenvalue weighted by Crippen LogP contribution is 2.31. The summed E-state index contributed by atoms with van der Waals surface area (Å²) in [6, 6.07) is 10.6. The van der Waals surface area contributed by atoms with Crippen LogP contribution in [-0.4, -0.2) is 40.4 Å². The molecule has 11 heteroatoms. The van der Waals surface area contributed by atoms with Crippen LogP contribution in [0, 0.1) is 6.92 Å². The van der Waals surface area contributed by atoms with Crippen LogP contribution in [0.5, 0.6) is 11.5 Å². The highest BCUT2D eigenvalue weighted by atomic mass is 19.4. The third kappa shape index (κ3) is 6.71. The summed E-state index contributed by atoms with van der Waals surface area (Å²) in [4.78, 5) is 16.2. The quantitative estimate of drug-likeness (QED) is 0.515. The molecule has 0 saturated carbocycles. The van der Waals surface area contributed by atoms with E-state index in [1.807, 2.05) is 0 Å². The van der Waals surface area contributed by atoms with E-state index in [2.05, 4.69) is 15.5 Å². The molecule has 0 aliphatic carbocycles. The number of carbonyl (C=O) groups excluding carboxylic acids is 1. The number of rotatable bonds is 9. The number of hydrogen-bond donors (Lipinski definition) is 2. The number of halogens is 3. The summed E-state index contributed by atoms with van der Waals surface area (Å²) in [5.41, 5.74) is -0.517. The molecule has 0 radical (unpaired) electrons. The van der Waals surface area contributed by atoms with Crippen LogP contribution >= 0.6 is 0 Å². The van der Waals surface area contributed by atoms with Crippen molar-refractivity contribution in [2.75, 3.05) is 13.2 Å². The lowest BCUT2D eigenvalue weighted by molar-refractivity contribution is -0.137. The molecule has 0 aliphatic rings. The molecule has 0 spiro atoms. The van der Waals surface area contributed by atoms with E-state index in [-0.39, 0.29) is 25.5 Å². The number of amides is 1. The normalized spacial score (nSPS) is 12.3. The number of carbonyl (C=O) groups is 1. The van der Waals surface area contributed by atoms with Crippen molar-refractivity contribution in [1.82, 2.24) is 15.5 Å². The Morgan fingerprint density at radius 1 is 1.16 bits per heavy atom. The monoisotopic (exact) mass is 451 g/mol. The molecule has 2 aromatic carbocycles. The minimum absolute atomic E-state index is 0.0308. The van der Waals surface area contributed by atoms with Crippen molar-refractivity contribution in [3.05, 3.63) is 71.4 Å². The van der Waals surface area contributed by atoms with Crippen molar-refractivity contribution in [2.45, 2.75) is 25.8 Å². The van der Waals surface area contributed by atoms with Gasteiger partial charge in [0.25, 0.3) is 5.91 Å². The highest BCUT2D eigenvalue weighted by molar-refractivity contribution is 5.94. The zero-order valence-corrected chi connectivity index (χ0v) is 16.9. The summed E-state index contributed by atoms with van der Waals surface area (Å²) >= 11 is 0. The predicted octanol–water partition coefficient (Wildman–Crippen LogP) is 3.15. The summed E-state index contributed by atoms with van der Waals surface area (Å²) in [6.07, 6.45) is -5.60. The van der Waals surface area contributed by atoms with Crippen LogP contribution in [0.15, 0.2) is 53.1 Å². The van der Waals surface area contributed by atoms with Gasteiger partial charge in [-0.15, -0.1) is 0 Å². The number of hydrogen-bond acceptors (Lipinski definition) is 7. The van der Waals surface area contributed by atoms with E-state index in [1.165, 1.54) is 24.3 Å². The molecule has 0 fully saturated rings. The van der Waals surface area contributed by atoms with E-state index >= 15 is 0 Å². The molecule has 0 saturated heterocycles. The molecule has 3 aromatic rings. The smallest absolute Gasteiger partial charge is 0.416 e. The van der Waals surface area contributed by atoms with E-state index in [1.54, 1.807) is 19.1 Å². The third-order valence-electron chi connectivity index (χ3n) is 4.16. The van der Waals surface area contributed by atoms with Gasteiger partial charge in [0.15, 0.2) is 6.61 Å². The first-order valence-corrected chi connectivity index (χ1v) is 9.49. The topological polar surface area (TPSA) is 107 Å². The Morgan fingerprint density at radius 3 is 2.56 bits per heavy atom. The largest absolute Gasteiger partial charge is 0.491 e. The van der Waals surface area contributed by atoms with Crippen LogP contribution in [0.25, 0.3) is 0 Å².